The monoisotopic (exact) mass is 346 g/mol. The van der Waals surface area contributed by atoms with Gasteiger partial charge in [-0.2, -0.15) is 0 Å². The summed E-state index contributed by atoms with van der Waals surface area (Å²) in [6, 6.07) is 14.2. The van der Waals surface area contributed by atoms with Crippen LogP contribution in [0.25, 0.3) is 0 Å². The molecule has 1 atom stereocenters. The molecule has 3 nitrogen and oxygen atoms in total. The van der Waals surface area contributed by atoms with Gasteiger partial charge in [-0.05, 0) is 42.4 Å². The highest BCUT2D eigenvalue weighted by Gasteiger charge is 2.15. The zero-order valence-electron chi connectivity index (χ0n) is 14.0. The molecule has 5 heteroatoms. The summed E-state index contributed by atoms with van der Waals surface area (Å²) in [6.45, 7) is 5.56. The first-order chi connectivity index (χ1) is 11.6. The van der Waals surface area contributed by atoms with Crippen molar-refractivity contribution in [2.24, 2.45) is 5.92 Å². The van der Waals surface area contributed by atoms with Gasteiger partial charge in [0.15, 0.2) is 0 Å². The van der Waals surface area contributed by atoms with Crippen LogP contribution in [0.5, 0.6) is 0 Å². The molecule has 0 aliphatic rings. The number of hydrogen-bond acceptors (Lipinski definition) is 3. The highest BCUT2D eigenvalue weighted by Crippen LogP contribution is 2.22. The number of amides is 1. The normalized spacial score (nSPS) is 12.0. The summed E-state index contributed by atoms with van der Waals surface area (Å²) in [5.41, 5.74) is 1.92. The Kier molecular flexibility index (Phi) is 7.28. The predicted octanol–water partition coefficient (Wildman–Crippen LogP) is 4.30. The van der Waals surface area contributed by atoms with Crippen LogP contribution >= 0.6 is 11.8 Å². The number of carbonyl (C=O) groups is 1. The molecule has 0 spiro atoms. The van der Waals surface area contributed by atoms with E-state index in [4.69, 9.17) is 0 Å². The molecule has 0 heterocycles. The van der Waals surface area contributed by atoms with Crippen LogP contribution in [0.2, 0.25) is 0 Å². The van der Waals surface area contributed by atoms with Gasteiger partial charge >= 0.3 is 0 Å². The molecule has 0 saturated heterocycles. The van der Waals surface area contributed by atoms with E-state index in [1.54, 1.807) is 23.9 Å². The Morgan fingerprint density at radius 2 is 1.88 bits per heavy atom. The summed E-state index contributed by atoms with van der Waals surface area (Å²) in [5.74, 6) is 0.246. The second-order valence-electron chi connectivity index (χ2n) is 5.59. The number of anilines is 1. The molecule has 2 aromatic carbocycles. The van der Waals surface area contributed by atoms with Gasteiger partial charge in [-0.15, -0.1) is 11.8 Å². The first kappa shape index (κ1) is 18.5. The SMILES string of the molecule is CCNCc1ccccc1NC(=O)C(C)CSc1ccc(F)cc1. The molecule has 0 aliphatic carbocycles. The molecule has 2 rings (SSSR count). The fraction of sp³-hybridized carbons (Fsp3) is 0.316. The molecule has 2 N–H and O–H groups in total. The molecule has 2 aromatic rings. The van der Waals surface area contributed by atoms with Gasteiger partial charge in [0, 0.05) is 28.8 Å². The first-order valence-corrected chi connectivity index (χ1v) is 9.06. The smallest absolute Gasteiger partial charge is 0.228 e. The number of para-hydroxylation sites is 1. The Labute approximate surface area is 147 Å². The third-order valence-electron chi connectivity index (χ3n) is 3.60. The highest BCUT2D eigenvalue weighted by atomic mass is 32.2. The number of rotatable bonds is 8. The van der Waals surface area contributed by atoms with E-state index >= 15 is 0 Å². The van der Waals surface area contributed by atoms with Gasteiger partial charge in [0.2, 0.25) is 5.91 Å². The number of thioether (sulfide) groups is 1. The van der Waals surface area contributed by atoms with Gasteiger partial charge < -0.3 is 10.6 Å². The van der Waals surface area contributed by atoms with Gasteiger partial charge in [0.05, 0.1) is 0 Å². The lowest BCUT2D eigenvalue weighted by Crippen LogP contribution is -2.23. The molecule has 128 valence electrons. The van der Waals surface area contributed by atoms with Crippen molar-refractivity contribution >= 4 is 23.4 Å². The predicted molar refractivity (Wildman–Crippen MR) is 98.7 cm³/mol. The molecule has 0 fully saturated rings. The summed E-state index contributed by atoms with van der Waals surface area (Å²) in [5, 5.41) is 6.28. The van der Waals surface area contributed by atoms with Crippen LogP contribution in [0.15, 0.2) is 53.4 Å². The topological polar surface area (TPSA) is 41.1 Å². The number of halogens is 1. The molecular weight excluding hydrogens is 323 g/mol. The van der Waals surface area contributed by atoms with Crippen molar-refractivity contribution in [3.05, 3.63) is 59.9 Å². The van der Waals surface area contributed by atoms with Crippen LogP contribution in [0, 0.1) is 11.7 Å². The van der Waals surface area contributed by atoms with Crippen LogP contribution in [0.4, 0.5) is 10.1 Å². The lowest BCUT2D eigenvalue weighted by Gasteiger charge is -2.15. The standard InChI is InChI=1S/C19H23FN2OS/c1-3-21-12-15-6-4-5-7-18(15)22-19(23)14(2)13-24-17-10-8-16(20)9-11-17/h4-11,14,21H,3,12-13H2,1-2H3,(H,22,23). The maximum atomic E-state index is 12.9. The zero-order valence-corrected chi connectivity index (χ0v) is 14.8. The maximum Gasteiger partial charge on any atom is 0.228 e. The fourth-order valence-electron chi connectivity index (χ4n) is 2.14. The van der Waals surface area contributed by atoms with Crippen LogP contribution in [-0.4, -0.2) is 18.2 Å². The van der Waals surface area contributed by atoms with Gasteiger partial charge in [0.25, 0.3) is 0 Å². The van der Waals surface area contributed by atoms with Gasteiger partial charge in [0.1, 0.15) is 5.82 Å². The van der Waals surface area contributed by atoms with Crippen LogP contribution in [-0.2, 0) is 11.3 Å². The summed E-state index contributed by atoms with van der Waals surface area (Å²) >= 11 is 1.55. The fourth-order valence-corrected chi connectivity index (χ4v) is 3.06. The van der Waals surface area contributed by atoms with Crippen LogP contribution in [0.3, 0.4) is 0 Å². The van der Waals surface area contributed by atoms with E-state index in [1.165, 1.54) is 12.1 Å². The zero-order chi connectivity index (χ0) is 17.4. The number of nitrogens with one attached hydrogen (secondary N) is 2. The maximum absolute atomic E-state index is 12.9. The third-order valence-corrected chi connectivity index (χ3v) is 4.87. The minimum absolute atomic E-state index is 0.00596. The van der Waals surface area contributed by atoms with Crippen LogP contribution < -0.4 is 10.6 Å². The summed E-state index contributed by atoms with van der Waals surface area (Å²) in [7, 11) is 0. The Morgan fingerprint density at radius 1 is 1.17 bits per heavy atom. The molecular formula is C19H23FN2OS. The molecule has 24 heavy (non-hydrogen) atoms. The second-order valence-corrected chi connectivity index (χ2v) is 6.69. The highest BCUT2D eigenvalue weighted by molar-refractivity contribution is 7.99. The number of benzene rings is 2. The van der Waals surface area contributed by atoms with Gasteiger partial charge in [-0.3, -0.25) is 4.79 Å². The Balaban J connectivity index is 1.90. The van der Waals surface area contributed by atoms with Gasteiger partial charge in [-0.25, -0.2) is 4.39 Å². The van der Waals surface area contributed by atoms with E-state index < -0.39 is 0 Å². The minimum Gasteiger partial charge on any atom is -0.326 e. The van der Waals surface area contributed by atoms with E-state index in [2.05, 4.69) is 17.6 Å². The average molecular weight is 346 g/mol. The summed E-state index contributed by atoms with van der Waals surface area (Å²) in [4.78, 5) is 13.4. The van der Waals surface area contributed by atoms with Crippen molar-refractivity contribution in [1.29, 1.82) is 0 Å². The number of hydrogen-bond donors (Lipinski definition) is 2. The number of carbonyl (C=O) groups excluding carboxylic acids is 1. The van der Waals surface area contributed by atoms with E-state index in [0.717, 1.165) is 29.2 Å². The summed E-state index contributed by atoms with van der Waals surface area (Å²) < 4.78 is 12.9. The third kappa shape index (κ3) is 5.65. The van der Waals surface area contributed by atoms with Crippen molar-refractivity contribution in [1.82, 2.24) is 5.32 Å². The van der Waals surface area contributed by atoms with E-state index in [1.807, 2.05) is 31.2 Å². The molecule has 1 amide bonds. The molecule has 0 radical (unpaired) electrons. The largest absolute Gasteiger partial charge is 0.326 e. The minimum atomic E-state index is -0.248. The van der Waals surface area contributed by atoms with E-state index in [9.17, 15) is 9.18 Å². The molecule has 1 unspecified atom stereocenters. The quantitative estimate of drug-likeness (QED) is 0.700. The molecule has 0 saturated carbocycles. The van der Waals surface area contributed by atoms with Gasteiger partial charge in [-0.1, -0.05) is 32.0 Å². The van der Waals surface area contributed by atoms with Crippen molar-refractivity contribution in [2.45, 2.75) is 25.3 Å². The second kappa shape index (κ2) is 9.45. The Bertz CT molecular complexity index is 661. The lowest BCUT2D eigenvalue weighted by atomic mass is 10.1. The molecule has 0 aliphatic heterocycles. The lowest BCUT2D eigenvalue weighted by molar-refractivity contribution is -0.118. The van der Waals surface area contributed by atoms with Crippen molar-refractivity contribution in [3.8, 4) is 0 Å². The van der Waals surface area contributed by atoms with Crippen molar-refractivity contribution in [2.75, 3.05) is 17.6 Å². The molecule has 0 aromatic heterocycles. The van der Waals surface area contributed by atoms with E-state index in [0.29, 0.717) is 5.75 Å². The molecule has 0 bridgehead atoms. The van der Waals surface area contributed by atoms with Crippen molar-refractivity contribution < 1.29 is 9.18 Å². The Hall–Kier alpha value is -1.85. The average Bonchev–Trinajstić information content (AvgIpc) is 2.60. The summed E-state index contributed by atoms with van der Waals surface area (Å²) in [6.07, 6.45) is 0. The van der Waals surface area contributed by atoms with E-state index in [-0.39, 0.29) is 17.6 Å². The Morgan fingerprint density at radius 3 is 2.58 bits per heavy atom. The van der Waals surface area contributed by atoms with Crippen LogP contribution in [0.1, 0.15) is 19.4 Å². The first-order valence-electron chi connectivity index (χ1n) is 8.08. The van der Waals surface area contributed by atoms with Crippen molar-refractivity contribution in [3.63, 3.8) is 0 Å².